The Balaban J connectivity index is 2.18. The molecule has 2 N–H and O–H groups in total. The summed E-state index contributed by atoms with van der Waals surface area (Å²) in [7, 11) is 0. The van der Waals surface area contributed by atoms with E-state index in [0.29, 0.717) is 12.5 Å². The molecule has 0 spiro atoms. The molecule has 0 amide bonds. The van der Waals surface area contributed by atoms with Crippen molar-refractivity contribution in [2.45, 2.75) is 26.9 Å². The molecule has 3 aromatic heterocycles. The molecule has 0 saturated carbocycles. The number of anilines is 1. The van der Waals surface area contributed by atoms with E-state index in [1.54, 1.807) is 12.5 Å². The Hall–Kier alpha value is -2.24. The topological polar surface area (TPSA) is 74.8 Å². The van der Waals surface area contributed by atoms with Gasteiger partial charge in [0, 0.05) is 12.1 Å². The summed E-state index contributed by atoms with van der Waals surface area (Å²) in [5.74, 6) is 0.508. The van der Waals surface area contributed by atoms with Gasteiger partial charge in [-0.25, -0.2) is 9.67 Å². The number of nitrogens with two attached hydrogens (primary N) is 1. The molecule has 0 atom stereocenters. The van der Waals surface area contributed by atoms with Crippen LogP contribution in [-0.4, -0.2) is 19.3 Å². The number of furan rings is 1. The van der Waals surface area contributed by atoms with E-state index in [0.717, 1.165) is 29.0 Å². The summed E-state index contributed by atoms with van der Waals surface area (Å²) in [6.45, 7) is 5.44. The molecule has 3 rings (SSSR count). The number of nitrogens with zero attached hydrogens (tertiary/aromatic N) is 4. The highest BCUT2D eigenvalue weighted by molar-refractivity contribution is 5.77. The van der Waals surface area contributed by atoms with Crippen molar-refractivity contribution in [3.63, 3.8) is 0 Å². The summed E-state index contributed by atoms with van der Waals surface area (Å²) in [5, 5.41) is 4.45. The Labute approximate surface area is 104 Å². The second-order valence-electron chi connectivity index (χ2n) is 4.26. The van der Waals surface area contributed by atoms with Crippen LogP contribution in [-0.2, 0) is 13.1 Å². The van der Waals surface area contributed by atoms with Crippen molar-refractivity contribution in [2.24, 2.45) is 0 Å². The molecule has 6 heteroatoms. The average Bonchev–Trinajstić information content (AvgIpc) is 3.02. The first-order chi connectivity index (χ1) is 8.70. The normalized spacial score (nSPS) is 11.4. The molecule has 3 aromatic rings. The summed E-state index contributed by atoms with van der Waals surface area (Å²) in [5.41, 5.74) is 9.79. The van der Waals surface area contributed by atoms with Crippen LogP contribution in [0.3, 0.4) is 0 Å². The zero-order valence-corrected chi connectivity index (χ0v) is 10.4. The molecule has 0 fully saturated rings. The third-order valence-corrected chi connectivity index (χ3v) is 3.05. The largest absolute Gasteiger partial charge is 0.472 e. The minimum Gasteiger partial charge on any atom is -0.472 e. The fourth-order valence-electron chi connectivity index (χ4n) is 2.18. The molecule has 0 unspecified atom stereocenters. The summed E-state index contributed by atoms with van der Waals surface area (Å²) in [6, 6.07) is 1.92. The van der Waals surface area contributed by atoms with Crippen LogP contribution in [0.25, 0.3) is 11.2 Å². The molecule has 0 aliphatic rings. The third kappa shape index (κ3) is 1.49. The highest BCUT2D eigenvalue weighted by Gasteiger charge is 2.16. The van der Waals surface area contributed by atoms with E-state index in [4.69, 9.17) is 10.2 Å². The first kappa shape index (κ1) is 10.9. The quantitative estimate of drug-likeness (QED) is 0.763. The highest BCUT2D eigenvalue weighted by Crippen LogP contribution is 2.22. The lowest BCUT2D eigenvalue weighted by atomic mass is 10.3. The van der Waals surface area contributed by atoms with Gasteiger partial charge >= 0.3 is 0 Å². The second kappa shape index (κ2) is 3.90. The third-order valence-electron chi connectivity index (χ3n) is 3.05. The van der Waals surface area contributed by atoms with Crippen LogP contribution < -0.4 is 5.73 Å². The smallest absolute Gasteiger partial charge is 0.202 e. The standard InChI is InChI=1S/C12H15N5O/c1-3-17-11-10(8(2)15-17)14-12(13)16(11)6-9-4-5-18-7-9/h4-5,7H,3,6H2,1-2H3,(H2,13,14). The number of aromatic nitrogens is 4. The Morgan fingerprint density at radius 2 is 2.28 bits per heavy atom. The van der Waals surface area contributed by atoms with Crippen LogP contribution in [0.1, 0.15) is 18.2 Å². The van der Waals surface area contributed by atoms with E-state index >= 15 is 0 Å². The zero-order chi connectivity index (χ0) is 12.7. The maximum Gasteiger partial charge on any atom is 0.202 e. The lowest BCUT2D eigenvalue weighted by molar-refractivity contribution is 0.562. The molecule has 0 radical (unpaired) electrons. The number of imidazole rings is 1. The van der Waals surface area contributed by atoms with E-state index in [1.807, 2.05) is 22.2 Å². The fraction of sp³-hybridized carbons (Fsp3) is 0.333. The van der Waals surface area contributed by atoms with Crippen LogP contribution in [0.4, 0.5) is 5.95 Å². The van der Waals surface area contributed by atoms with Crippen molar-refractivity contribution in [3.05, 3.63) is 29.9 Å². The van der Waals surface area contributed by atoms with E-state index < -0.39 is 0 Å². The SMILES string of the molecule is CCn1nc(C)c2nc(N)n(Cc3ccoc3)c21. The van der Waals surface area contributed by atoms with E-state index in [1.165, 1.54) is 0 Å². The van der Waals surface area contributed by atoms with Crippen molar-refractivity contribution in [1.82, 2.24) is 19.3 Å². The van der Waals surface area contributed by atoms with Gasteiger partial charge in [0.05, 0.1) is 24.8 Å². The monoisotopic (exact) mass is 245 g/mol. The Bertz CT molecular complexity index is 677. The lowest BCUT2D eigenvalue weighted by Gasteiger charge is -2.06. The minimum absolute atomic E-state index is 0.508. The summed E-state index contributed by atoms with van der Waals surface area (Å²) in [6.07, 6.45) is 3.37. The van der Waals surface area contributed by atoms with Crippen molar-refractivity contribution in [3.8, 4) is 0 Å². The zero-order valence-electron chi connectivity index (χ0n) is 10.4. The van der Waals surface area contributed by atoms with Gasteiger partial charge in [0.15, 0.2) is 5.65 Å². The second-order valence-corrected chi connectivity index (χ2v) is 4.26. The van der Waals surface area contributed by atoms with Crippen LogP contribution in [0.2, 0.25) is 0 Å². The highest BCUT2D eigenvalue weighted by atomic mass is 16.3. The lowest BCUT2D eigenvalue weighted by Crippen LogP contribution is -2.08. The van der Waals surface area contributed by atoms with Gasteiger partial charge in [-0.05, 0) is 19.9 Å². The molecule has 0 aliphatic carbocycles. The fourth-order valence-corrected chi connectivity index (χ4v) is 2.18. The summed E-state index contributed by atoms with van der Waals surface area (Å²) >= 11 is 0. The summed E-state index contributed by atoms with van der Waals surface area (Å²) in [4.78, 5) is 4.39. The van der Waals surface area contributed by atoms with E-state index in [-0.39, 0.29) is 0 Å². The number of fused-ring (bicyclic) bond motifs is 1. The van der Waals surface area contributed by atoms with Gasteiger partial charge < -0.3 is 10.2 Å². The molecule has 0 bridgehead atoms. The Kier molecular flexibility index (Phi) is 2.36. The van der Waals surface area contributed by atoms with Gasteiger partial charge in [-0.1, -0.05) is 0 Å². The summed E-state index contributed by atoms with van der Waals surface area (Å²) < 4.78 is 8.97. The number of hydrogen-bond donors (Lipinski definition) is 1. The van der Waals surface area contributed by atoms with E-state index in [2.05, 4.69) is 17.0 Å². The predicted octanol–water partition coefficient (Wildman–Crippen LogP) is 1.78. The van der Waals surface area contributed by atoms with Crippen LogP contribution in [0, 0.1) is 6.92 Å². The molecular formula is C12H15N5O. The number of aryl methyl sites for hydroxylation is 2. The molecular weight excluding hydrogens is 230 g/mol. The molecule has 18 heavy (non-hydrogen) atoms. The molecule has 0 aromatic carbocycles. The number of nitrogen functional groups attached to an aromatic ring is 1. The van der Waals surface area contributed by atoms with Gasteiger partial charge in [-0.3, -0.25) is 4.57 Å². The van der Waals surface area contributed by atoms with Gasteiger partial charge in [-0.15, -0.1) is 0 Å². The maximum absolute atomic E-state index is 5.99. The van der Waals surface area contributed by atoms with Gasteiger partial charge in [-0.2, -0.15) is 5.10 Å². The van der Waals surface area contributed by atoms with Gasteiger partial charge in [0.25, 0.3) is 0 Å². The Morgan fingerprint density at radius 3 is 2.94 bits per heavy atom. The van der Waals surface area contributed by atoms with E-state index in [9.17, 15) is 0 Å². The first-order valence-corrected chi connectivity index (χ1v) is 5.91. The number of hydrogen-bond acceptors (Lipinski definition) is 4. The Morgan fingerprint density at radius 1 is 1.44 bits per heavy atom. The average molecular weight is 245 g/mol. The molecule has 6 nitrogen and oxygen atoms in total. The van der Waals surface area contributed by atoms with Crippen molar-refractivity contribution < 1.29 is 4.42 Å². The van der Waals surface area contributed by atoms with Crippen molar-refractivity contribution >= 4 is 17.1 Å². The van der Waals surface area contributed by atoms with Crippen LogP contribution in [0.5, 0.6) is 0 Å². The van der Waals surface area contributed by atoms with Crippen molar-refractivity contribution in [2.75, 3.05) is 5.73 Å². The van der Waals surface area contributed by atoms with Gasteiger partial charge in [0.2, 0.25) is 5.95 Å². The van der Waals surface area contributed by atoms with Crippen LogP contribution in [0.15, 0.2) is 23.0 Å². The molecule has 3 heterocycles. The molecule has 94 valence electrons. The molecule has 0 saturated heterocycles. The minimum atomic E-state index is 0.508. The number of rotatable bonds is 3. The van der Waals surface area contributed by atoms with Crippen molar-refractivity contribution in [1.29, 1.82) is 0 Å². The predicted molar refractivity (Wildman–Crippen MR) is 68.2 cm³/mol. The van der Waals surface area contributed by atoms with Gasteiger partial charge in [0.1, 0.15) is 5.52 Å². The molecule has 0 aliphatic heterocycles. The first-order valence-electron chi connectivity index (χ1n) is 5.91. The maximum atomic E-state index is 5.99. The van der Waals surface area contributed by atoms with Crippen LogP contribution >= 0.6 is 0 Å².